The van der Waals surface area contributed by atoms with Gasteiger partial charge in [0, 0.05) is 25.0 Å². The van der Waals surface area contributed by atoms with Gasteiger partial charge in [0.1, 0.15) is 5.82 Å². The lowest BCUT2D eigenvalue weighted by Crippen LogP contribution is -2.47. The lowest BCUT2D eigenvalue weighted by atomic mass is 9.84. The number of piperidine rings is 1. The summed E-state index contributed by atoms with van der Waals surface area (Å²) in [6.07, 6.45) is 5.28. The molecule has 0 bridgehead atoms. The third-order valence-electron chi connectivity index (χ3n) is 4.37. The second-order valence-corrected chi connectivity index (χ2v) is 5.73. The lowest BCUT2D eigenvalue weighted by Gasteiger charge is -2.36. The Morgan fingerprint density at radius 2 is 2.05 bits per heavy atom. The van der Waals surface area contributed by atoms with Crippen molar-refractivity contribution in [1.82, 2.24) is 25.4 Å². The molecule has 0 atom stereocenters. The number of likely N-dealkylation sites (tertiary alicyclic amines) is 1. The summed E-state index contributed by atoms with van der Waals surface area (Å²) in [6.45, 7) is 2.23. The van der Waals surface area contributed by atoms with Crippen molar-refractivity contribution in [1.29, 1.82) is 0 Å². The monoisotopic (exact) mass is 279 g/mol. The van der Waals surface area contributed by atoms with Gasteiger partial charge < -0.3 is 10.2 Å². The van der Waals surface area contributed by atoms with Gasteiger partial charge in [-0.2, -0.15) is 5.10 Å². The van der Waals surface area contributed by atoms with Crippen LogP contribution in [0, 0.1) is 5.92 Å². The number of carbonyl (C=O) groups excluding carboxylic acids is 1. The predicted octanol–water partition coefficient (Wildman–Crippen LogP) is -0.0213. The molecule has 1 amide bonds. The van der Waals surface area contributed by atoms with Gasteiger partial charge >= 0.3 is 5.69 Å². The normalized spacial score (nSPS) is 20.9. The van der Waals surface area contributed by atoms with Crippen LogP contribution in [0.2, 0.25) is 0 Å². The summed E-state index contributed by atoms with van der Waals surface area (Å²) >= 11 is 0. The Kier molecular flexibility index (Phi) is 3.86. The minimum absolute atomic E-state index is 0.275. The quantitative estimate of drug-likeness (QED) is 0.722. The third kappa shape index (κ3) is 2.92. The van der Waals surface area contributed by atoms with E-state index in [1.807, 2.05) is 4.90 Å². The summed E-state index contributed by atoms with van der Waals surface area (Å²) in [6, 6.07) is 0.389. The van der Waals surface area contributed by atoms with Crippen LogP contribution in [0.5, 0.6) is 0 Å². The molecular formula is C13H21N5O2. The maximum atomic E-state index is 12.1. The number of nitrogens with zero attached hydrogens (tertiary/aromatic N) is 2. The zero-order valence-electron chi connectivity index (χ0n) is 11.5. The molecule has 0 spiro atoms. The van der Waals surface area contributed by atoms with E-state index in [9.17, 15) is 9.59 Å². The molecule has 0 aromatic carbocycles. The standard InChI is InChI=1S/C13H21N5O2/c19-12(9-2-1-3-9)18-6-4-10(5-7-18)14-8-11-15-13(20)17-16-11/h9-10,14H,1-8H2,(H2,15,16,17,20). The largest absolute Gasteiger partial charge is 0.342 e. The van der Waals surface area contributed by atoms with E-state index in [-0.39, 0.29) is 5.69 Å². The Hall–Kier alpha value is -1.63. The van der Waals surface area contributed by atoms with Crippen molar-refractivity contribution in [3.05, 3.63) is 16.3 Å². The third-order valence-corrected chi connectivity index (χ3v) is 4.37. The van der Waals surface area contributed by atoms with Gasteiger partial charge in [0.15, 0.2) is 0 Å². The second kappa shape index (κ2) is 5.78. The number of aromatic amines is 2. The fourth-order valence-corrected chi connectivity index (χ4v) is 2.85. The van der Waals surface area contributed by atoms with Crippen LogP contribution in [0.15, 0.2) is 4.79 Å². The van der Waals surface area contributed by atoms with Crippen LogP contribution < -0.4 is 11.0 Å². The van der Waals surface area contributed by atoms with E-state index in [1.54, 1.807) is 0 Å². The number of H-pyrrole nitrogens is 2. The number of nitrogens with one attached hydrogen (secondary N) is 3. The van der Waals surface area contributed by atoms with Crippen LogP contribution in [0.1, 0.15) is 37.9 Å². The van der Waals surface area contributed by atoms with Gasteiger partial charge in [0.05, 0.1) is 6.54 Å². The molecule has 0 unspecified atom stereocenters. The number of amides is 1. The number of hydrogen-bond donors (Lipinski definition) is 3. The molecule has 1 saturated heterocycles. The van der Waals surface area contributed by atoms with Crippen LogP contribution in [0.4, 0.5) is 0 Å². The van der Waals surface area contributed by atoms with E-state index in [1.165, 1.54) is 6.42 Å². The summed E-state index contributed by atoms with van der Waals surface area (Å²) in [5, 5.41) is 9.59. The van der Waals surface area contributed by atoms with E-state index in [0.29, 0.717) is 30.2 Å². The molecule has 110 valence electrons. The van der Waals surface area contributed by atoms with Gasteiger partial charge in [-0.15, -0.1) is 0 Å². The SMILES string of the molecule is O=C(C1CCC1)N1CCC(NCc2n[nH]c(=O)[nH]2)CC1. The van der Waals surface area contributed by atoms with E-state index in [0.717, 1.165) is 38.8 Å². The minimum Gasteiger partial charge on any atom is -0.342 e. The van der Waals surface area contributed by atoms with Gasteiger partial charge in [-0.3, -0.25) is 9.78 Å². The molecule has 1 aliphatic heterocycles. The summed E-state index contributed by atoms with van der Waals surface area (Å²) < 4.78 is 0. The fraction of sp³-hybridized carbons (Fsp3) is 0.769. The van der Waals surface area contributed by atoms with Crippen molar-refractivity contribution in [3.8, 4) is 0 Å². The van der Waals surface area contributed by atoms with Crippen LogP contribution >= 0.6 is 0 Å². The lowest BCUT2D eigenvalue weighted by molar-refractivity contribution is -0.139. The van der Waals surface area contributed by atoms with E-state index < -0.39 is 0 Å². The smallest absolute Gasteiger partial charge is 0.340 e. The molecule has 1 aliphatic carbocycles. The highest BCUT2D eigenvalue weighted by atomic mass is 16.2. The fourth-order valence-electron chi connectivity index (χ4n) is 2.85. The Labute approximate surface area is 117 Å². The first kappa shape index (κ1) is 13.4. The molecule has 2 heterocycles. The predicted molar refractivity (Wildman–Crippen MR) is 73.0 cm³/mol. The molecule has 3 N–H and O–H groups in total. The number of hydrogen-bond acceptors (Lipinski definition) is 4. The van der Waals surface area contributed by atoms with Crippen molar-refractivity contribution >= 4 is 5.91 Å². The van der Waals surface area contributed by atoms with Gasteiger partial charge in [0.25, 0.3) is 0 Å². The average molecular weight is 279 g/mol. The molecule has 1 aromatic rings. The summed E-state index contributed by atoms with van der Waals surface area (Å²) in [7, 11) is 0. The zero-order chi connectivity index (χ0) is 13.9. The molecule has 2 aliphatic rings. The van der Waals surface area contributed by atoms with Crippen molar-refractivity contribution in [2.45, 2.75) is 44.7 Å². The highest BCUT2D eigenvalue weighted by molar-refractivity contribution is 5.79. The molecule has 2 fully saturated rings. The molecule has 20 heavy (non-hydrogen) atoms. The maximum absolute atomic E-state index is 12.1. The highest BCUT2D eigenvalue weighted by Gasteiger charge is 2.31. The second-order valence-electron chi connectivity index (χ2n) is 5.73. The molecule has 1 saturated carbocycles. The van der Waals surface area contributed by atoms with Gasteiger partial charge in [-0.1, -0.05) is 6.42 Å². The summed E-state index contributed by atoms with van der Waals surface area (Å²) in [4.78, 5) is 27.7. The van der Waals surface area contributed by atoms with Crippen molar-refractivity contribution in [2.24, 2.45) is 5.92 Å². The van der Waals surface area contributed by atoms with Crippen molar-refractivity contribution < 1.29 is 4.79 Å². The Bertz CT molecular complexity index is 511. The molecule has 0 radical (unpaired) electrons. The first-order valence-electron chi connectivity index (χ1n) is 7.38. The molecule has 3 rings (SSSR count). The molecular weight excluding hydrogens is 258 g/mol. The van der Waals surface area contributed by atoms with E-state index >= 15 is 0 Å². The maximum Gasteiger partial charge on any atom is 0.340 e. The van der Waals surface area contributed by atoms with Crippen molar-refractivity contribution in [2.75, 3.05) is 13.1 Å². The van der Waals surface area contributed by atoms with E-state index in [4.69, 9.17) is 0 Å². The number of rotatable bonds is 4. The van der Waals surface area contributed by atoms with Gasteiger partial charge in [0.2, 0.25) is 5.91 Å². The number of carbonyl (C=O) groups is 1. The molecule has 1 aromatic heterocycles. The first-order valence-corrected chi connectivity index (χ1v) is 7.38. The highest BCUT2D eigenvalue weighted by Crippen LogP contribution is 2.29. The Morgan fingerprint density at radius 1 is 1.30 bits per heavy atom. The van der Waals surface area contributed by atoms with Crippen molar-refractivity contribution in [3.63, 3.8) is 0 Å². The van der Waals surface area contributed by atoms with Crippen LogP contribution in [0.3, 0.4) is 0 Å². The first-order chi connectivity index (χ1) is 9.72. The van der Waals surface area contributed by atoms with E-state index in [2.05, 4.69) is 20.5 Å². The molecule has 7 nitrogen and oxygen atoms in total. The van der Waals surface area contributed by atoms with Gasteiger partial charge in [-0.25, -0.2) is 9.89 Å². The molecule has 7 heteroatoms. The summed E-state index contributed by atoms with van der Waals surface area (Å²) in [5.74, 6) is 1.28. The summed E-state index contributed by atoms with van der Waals surface area (Å²) in [5.41, 5.74) is -0.275. The average Bonchev–Trinajstić information content (AvgIpc) is 2.81. The van der Waals surface area contributed by atoms with Crippen LogP contribution in [-0.4, -0.2) is 45.1 Å². The zero-order valence-corrected chi connectivity index (χ0v) is 11.5. The minimum atomic E-state index is -0.275. The number of aromatic nitrogens is 3. The Balaban J connectivity index is 1.41. The topological polar surface area (TPSA) is 93.9 Å². The van der Waals surface area contributed by atoms with Crippen LogP contribution in [-0.2, 0) is 11.3 Å². The van der Waals surface area contributed by atoms with Gasteiger partial charge in [-0.05, 0) is 25.7 Å². The Morgan fingerprint density at radius 3 is 2.60 bits per heavy atom. The van der Waals surface area contributed by atoms with Crippen LogP contribution in [0.25, 0.3) is 0 Å².